The maximum Gasteiger partial charge on any atom is 0.247 e. The number of primary sulfonamides is 1. The number of hydrogen-bond donors (Lipinski definition) is 2. The van der Waals surface area contributed by atoms with E-state index in [4.69, 9.17) is 5.14 Å². The molecule has 2 rings (SSSR count). The van der Waals surface area contributed by atoms with Gasteiger partial charge < -0.3 is 5.32 Å². The van der Waals surface area contributed by atoms with E-state index in [1.165, 1.54) is 12.1 Å². The molecule has 0 saturated carbocycles. The summed E-state index contributed by atoms with van der Waals surface area (Å²) in [5.41, 5.74) is 2.60. The average Bonchev–Trinajstić information content (AvgIpc) is 2.62. The molecule has 0 radical (unpaired) electrons. The SMILES string of the molecule is C=C/C=C(/Cc1ccccc1)C(=O)NCCc1ccc(S(N)(=O)=O)cc1. The Morgan fingerprint density at radius 3 is 2.27 bits per heavy atom. The van der Waals surface area contributed by atoms with Crippen LogP contribution in [0, 0.1) is 0 Å². The van der Waals surface area contributed by atoms with Crippen LogP contribution in [-0.4, -0.2) is 20.9 Å². The minimum Gasteiger partial charge on any atom is -0.352 e. The van der Waals surface area contributed by atoms with Crippen molar-refractivity contribution < 1.29 is 13.2 Å². The Bertz CT molecular complexity index is 886. The fourth-order valence-corrected chi connectivity index (χ4v) is 2.97. The molecule has 6 heteroatoms. The molecule has 5 nitrogen and oxygen atoms in total. The lowest BCUT2D eigenvalue weighted by molar-refractivity contribution is -0.117. The van der Waals surface area contributed by atoms with Gasteiger partial charge in [0.05, 0.1) is 4.90 Å². The molecule has 0 atom stereocenters. The predicted molar refractivity (Wildman–Crippen MR) is 103 cm³/mol. The second-order valence-corrected chi connectivity index (χ2v) is 7.35. The first-order valence-electron chi connectivity index (χ1n) is 8.15. The number of carbonyl (C=O) groups excluding carboxylic acids is 1. The van der Waals surface area contributed by atoms with E-state index in [0.29, 0.717) is 25.0 Å². The third kappa shape index (κ3) is 5.98. The van der Waals surface area contributed by atoms with Crippen LogP contribution in [0.25, 0.3) is 0 Å². The van der Waals surface area contributed by atoms with Crippen LogP contribution >= 0.6 is 0 Å². The van der Waals surface area contributed by atoms with E-state index < -0.39 is 10.0 Å². The number of hydrogen-bond acceptors (Lipinski definition) is 3. The Morgan fingerprint density at radius 2 is 1.69 bits per heavy atom. The molecule has 0 saturated heterocycles. The average molecular weight is 370 g/mol. The zero-order valence-corrected chi connectivity index (χ0v) is 15.2. The summed E-state index contributed by atoms with van der Waals surface area (Å²) in [4.78, 5) is 12.5. The molecule has 2 aromatic rings. The third-order valence-electron chi connectivity index (χ3n) is 3.80. The summed E-state index contributed by atoms with van der Waals surface area (Å²) in [6.45, 7) is 4.11. The van der Waals surface area contributed by atoms with Crippen LogP contribution in [0.15, 0.2) is 83.8 Å². The van der Waals surface area contributed by atoms with E-state index >= 15 is 0 Å². The van der Waals surface area contributed by atoms with Gasteiger partial charge >= 0.3 is 0 Å². The third-order valence-corrected chi connectivity index (χ3v) is 4.73. The van der Waals surface area contributed by atoms with E-state index in [1.807, 2.05) is 30.3 Å². The van der Waals surface area contributed by atoms with Crippen molar-refractivity contribution in [2.24, 2.45) is 5.14 Å². The number of benzene rings is 2. The molecule has 136 valence electrons. The minimum absolute atomic E-state index is 0.0735. The van der Waals surface area contributed by atoms with Crippen molar-refractivity contribution in [3.8, 4) is 0 Å². The van der Waals surface area contributed by atoms with Gasteiger partial charge in [-0.15, -0.1) is 0 Å². The molecular formula is C20H22N2O3S. The Hall–Kier alpha value is -2.70. The first-order chi connectivity index (χ1) is 12.4. The maximum absolute atomic E-state index is 12.4. The zero-order valence-electron chi connectivity index (χ0n) is 14.4. The monoisotopic (exact) mass is 370 g/mol. The van der Waals surface area contributed by atoms with E-state index in [2.05, 4.69) is 11.9 Å². The standard InChI is InChI=1S/C20H22N2O3S/c1-2-6-18(15-17-7-4-3-5-8-17)20(23)22-14-13-16-9-11-19(12-10-16)26(21,24)25/h2-12H,1,13-15H2,(H,22,23)(H2,21,24,25)/b18-6-. The van der Waals surface area contributed by atoms with Crippen LogP contribution in [-0.2, 0) is 27.7 Å². The van der Waals surface area contributed by atoms with Crippen molar-refractivity contribution in [1.82, 2.24) is 5.32 Å². The molecule has 0 aliphatic rings. The van der Waals surface area contributed by atoms with Crippen molar-refractivity contribution in [3.05, 3.63) is 90.0 Å². The van der Waals surface area contributed by atoms with E-state index in [-0.39, 0.29) is 10.8 Å². The summed E-state index contributed by atoms with van der Waals surface area (Å²) in [7, 11) is -3.69. The molecule has 26 heavy (non-hydrogen) atoms. The normalized spacial score (nSPS) is 11.8. The molecular weight excluding hydrogens is 348 g/mol. The molecule has 0 heterocycles. The van der Waals surface area contributed by atoms with Gasteiger partial charge in [-0.05, 0) is 29.7 Å². The fraction of sp³-hybridized carbons (Fsp3) is 0.150. The predicted octanol–water partition coefficient (Wildman–Crippen LogP) is 2.35. The van der Waals surface area contributed by atoms with Crippen molar-refractivity contribution in [2.75, 3.05) is 6.54 Å². The number of allylic oxidation sites excluding steroid dienone is 2. The molecule has 0 aromatic heterocycles. The number of sulfonamides is 1. The van der Waals surface area contributed by atoms with Gasteiger partial charge in [-0.25, -0.2) is 13.6 Å². The first kappa shape index (κ1) is 19.6. The van der Waals surface area contributed by atoms with Crippen molar-refractivity contribution in [1.29, 1.82) is 0 Å². The molecule has 0 bridgehead atoms. The fourth-order valence-electron chi connectivity index (χ4n) is 2.45. The molecule has 0 fully saturated rings. The van der Waals surface area contributed by atoms with Gasteiger partial charge in [0.2, 0.25) is 15.9 Å². The van der Waals surface area contributed by atoms with Crippen LogP contribution < -0.4 is 10.5 Å². The molecule has 3 N–H and O–H groups in total. The lowest BCUT2D eigenvalue weighted by Gasteiger charge is -2.09. The van der Waals surface area contributed by atoms with E-state index in [1.54, 1.807) is 24.3 Å². The topological polar surface area (TPSA) is 89.3 Å². The van der Waals surface area contributed by atoms with Gasteiger partial charge in [-0.1, -0.05) is 61.2 Å². The molecule has 0 aliphatic carbocycles. The molecule has 0 aliphatic heterocycles. The minimum atomic E-state index is -3.69. The summed E-state index contributed by atoms with van der Waals surface area (Å²) in [6, 6.07) is 16.0. The van der Waals surface area contributed by atoms with Gasteiger partial charge in [0, 0.05) is 18.5 Å². The first-order valence-corrected chi connectivity index (χ1v) is 9.70. The van der Waals surface area contributed by atoms with Gasteiger partial charge in [-0.3, -0.25) is 4.79 Å². The molecule has 2 aromatic carbocycles. The Labute approximate surface area is 154 Å². The molecule has 0 unspecified atom stereocenters. The van der Waals surface area contributed by atoms with Gasteiger partial charge in [0.1, 0.15) is 0 Å². The van der Waals surface area contributed by atoms with Crippen LogP contribution in [0.3, 0.4) is 0 Å². The van der Waals surface area contributed by atoms with Gasteiger partial charge in [0.15, 0.2) is 0 Å². The van der Waals surface area contributed by atoms with Crippen LogP contribution in [0.5, 0.6) is 0 Å². The summed E-state index contributed by atoms with van der Waals surface area (Å²) in [6.07, 6.45) is 4.43. The number of nitrogens with one attached hydrogen (secondary N) is 1. The lowest BCUT2D eigenvalue weighted by Crippen LogP contribution is -2.28. The summed E-state index contributed by atoms with van der Waals surface area (Å²) in [5, 5.41) is 7.96. The van der Waals surface area contributed by atoms with Crippen molar-refractivity contribution in [2.45, 2.75) is 17.7 Å². The number of nitrogens with two attached hydrogens (primary N) is 1. The highest BCUT2D eigenvalue weighted by Gasteiger charge is 2.10. The van der Waals surface area contributed by atoms with E-state index in [0.717, 1.165) is 11.1 Å². The van der Waals surface area contributed by atoms with Gasteiger partial charge in [-0.2, -0.15) is 0 Å². The number of carbonyl (C=O) groups is 1. The maximum atomic E-state index is 12.4. The summed E-state index contributed by atoms with van der Waals surface area (Å²) < 4.78 is 22.5. The second-order valence-electron chi connectivity index (χ2n) is 5.78. The molecule has 1 amide bonds. The zero-order chi connectivity index (χ0) is 19.0. The van der Waals surface area contributed by atoms with Crippen LogP contribution in [0.1, 0.15) is 11.1 Å². The summed E-state index contributed by atoms with van der Waals surface area (Å²) >= 11 is 0. The lowest BCUT2D eigenvalue weighted by atomic mass is 10.0. The Kier molecular flexibility index (Phi) is 6.89. The van der Waals surface area contributed by atoms with Crippen molar-refractivity contribution in [3.63, 3.8) is 0 Å². The van der Waals surface area contributed by atoms with Crippen LogP contribution in [0.4, 0.5) is 0 Å². The second kappa shape index (κ2) is 9.12. The smallest absolute Gasteiger partial charge is 0.247 e. The van der Waals surface area contributed by atoms with Gasteiger partial charge in [0.25, 0.3) is 0 Å². The quantitative estimate of drug-likeness (QED) is 0.552. The highest BCUT2D eigenvalue weighted by molar-refractivity contribution is 7.89. The highest BCUT2D eigenvalue weighted by atomic mass is 32.2. The largest absolute Gasteiger partial charge is 0.352 e. The van der Waals surface area contributed by atoms with E-state index in [9.17, 15) is 13.2 Å². The Morgan fingerprint density at radius 1 is 1.04 bits per heavy atom. The van der Waals surface area contributed by atoms with Crippen molar-refractivity contribution >= 4 is 15.9 Å². The summed E-state index contributed by atoms with van der Waals surface area (Å²) in [5.74, 6) is -0.144. The highest BCUT2D eigenvalue weighted by Crippen LogP contribution is 2.10. The molecule has 0 spiro atoms. The number of rotatable bonds is 8. The van der Waals surface area contributed by atoms with Crippen LogP contribution in [0.2, 0.25) is 0 Å². The number of amides is 1. The Balaban J connectivity index is 1.92.